The number of anilines is 1. The largest absolute Gasteiger partial charge is 0.615 e. The van der Waals surface area contributed by atoms with Crippen LogP contribution < -0.4 is 5.32 Å². The van der Waals surface area contributed by atoms with E-state index in [1.165, 1.54) is 0 Å². The van der Waals surface area contributed by atoms with Gasteiger partial charge >= 0.3 is 0 Å². The summed E-state index contributed by atoms with van der Waals surface area (Å²) in [6.07, 6.45) is 1.69. The van der Waals surface area contributed by atoms with Gasteiger partial charge in [0, 0.05) is 11.8 Å². The van der Waals surface area contributed by atoms with Gasteiger partial charge in [0.25, 0.3) is 0 Å². The SMILES string of the molecule is CC1c2ccc(O)cc2NC1[S@@+](C)[O-]. The quantitative estimate of drug-likeness (QED) is 0.694. The predicted octanol–water partition coefficient (Wildman–Crippen LogP) is 1.63. The van der Waals surface area contributed by atoms with Crippen LogP contribution >= 0.6 is 0 Å². The Morgan fingerprint density at radius 2 is 2.21 bits per heavy atom. The lowest BCUT2D eigenvalue weighted by atomic mass is 10.0. The molecule has 0 radical (unpaired) electrons. The zero-order chi connectivity index (χ0) is 10.3. The van der Waals surface area contributed by atoms with Crippen LogP contribution in [0.2, 0.25) is 0 Å². The Kier molecular flexibility index (Phi) is 2.33. The van der Waals surface area contributed by atoms with Gasteiger partial charge in [0.1, 0.15) is 5.75 Å². The summed E-state index contributed by atoms with van der Waals surface area (Å²) in [5.74, 6) is 0.474. The number of aromatic hydroxyl groups is 1. The Balaban J connectivity index is 2.35. The van der Waals surface area contributed by atoms with Gasteiger partial charge < -0.3 is 15.0 Å². The van der Waals surface area contributed by atoms with Crippen molar-refractivity contribution in [2.75, 3.05) is 11.6 Å². The summed E-state index contributed by atoms with van der Waals surface area (Å²) >= 11 is -0.897. The van der Waals surface area contributed by atoms with Crippen LogP contribution in [0.3, 0.4) is 0 Å². The van der Waals surface area contributed by atoms with E-state index in [1.807, 2.05) is 13.0 Å². The second-order valence-corrected chi connectivity index (χ2v) is 5.13. The van der Waals surface area contributed by atoms with Crippen LogP contribution in [-0.4, -0.2) is 21.3 Å². The lowest BCUT2D eigenvalue weighted by Crippen LogP contribution is -2.28. The molecule has 0 saturated carbocycles. The van der Waals surface area contributed by atoms with Crippen LogP contribution in [0.15, 0.2) is 18.2 Å². The van der Waals surface area contributed by atoms with Gasteiger partial charge in [-0.1, -0.05) is 13.0 Å². The van der Waals surface area contributed by atoms with Gasteiger partial charge in [0.05, 0.1) is 12.2 Å². The number of phenols is 1. The average Bonchev–Trinajstić information content (AvgIpc) is 2.43. The Morgan fingerprint density at radius 3 is 2.86 bits per heavy atom. The van der Waals surface area contributed by atoms with E-state index in [1.54, 1.807) is 18.4 Å². The third kappa shape index (κ3) is 1.44. The number of benzene rings is 1. The fourth-order valence-electron chi connectivity index (χ4n) is 1.88. The Bertz CT molecular complexity index is 354. The van der Waals surface area contributed by atoms with E-state index in [9.17, 15) is 9.66 Å². The normalized spacial score (nSPS) is 26.8. The molecule has 3 nitrogen and oxygen atoms in total. The number of phenolic OH excluding ortho intramolecular Hbond substituents is 1. The summed E-state index contributed by atoms with van der Waals surface area (Å²) in [6.45, 7) is 2.04. The molecule has 14 heavy (non-hydrogen) atoms. The fraction of sp³-hybridized carbons (Fsp3) is 0.400. The van der Waals surface area contributed by atoms with Gasteiger partial charge in [-0.25, -0.2) is 0 Å². The van der Waals surface area contributed by atoms with Crippen molar-refractivity contribution >= 4 is 16.9 Å². The van der Waals surface area contributed by atoms with E-state index in [0.717, 1.165) is 11.3 Å². The molecule has 4 heteroatoms. The lowest BCUT2D eigenvalue weighted by molar-refractivity contribution is 0.475. The molecule has 1 aliphatic rings. The predicted molar refractivity (Wildman–Crippen MR) is 58.0 cm³/mol. The van der Waals surface area contributed by atoms with Crippen molar-refractivity contribution in [2.24, 2.45) is 0 Å². The van der Waals surface area contributed by atoms with Crippen LogP contribution in [0.1, 0.15) is 18.4 Å². The molecule has 3 atom stereocenters. The molecule has 0 saturated heterocycles. The smallest absolute Gasteiger partial charge is 0.192 e. The van der Waals surface area contributed by atoms with Gasteiger partial charge in [-0.3, -0.25) is 0 Å². The molecule has 1 aromatic carbocycles. The molecule has 0 aliphatic carbocycles. The van der Waals surface area contributed by atoms with Crippen LogP contribution in [-0.2, 0) is 11.2 Å². The molecule has 2 unspecified atom stereocenters. The fourth-order valence-corrected chi connectivity index (χ4v) is 2.89. The average molecular weight is 211 g/mol. The third-order valence-electron chi connectivity index (χ3n) is 2.64. The van der Waals surface area contributed by atoms with E-state index < -0.39 is 11.2 Å². The molecule has 1 aromatic rings. The molecule has 1 aliphatic heterocycles. The first-order valence-corrected chi connectivity index (χ1v) is 6.13. The zero-order valence-electron chi connectivity index (χ0n) is 8.15. The van der Waals surface area contributed by atoms with Gasteiger partial charge in [-0.15, -0.1) is 0 Å². The summed E-state index contributed by atoms with van der Waals surface area (Å²) in [6, 6.07) is 5.23. The molecular formula is C10H13NO2S. The van der Waals surface area contributed by atoms with Crippen molar-refractivity contribution in [3.63, 3.8) is 0 Å². The van der Waals surface area contributed by atoms with Crippen LogP contribution in [0.4, 0.5) is 5.69 Å². The number of hydrogen-bond acceptors (Lipinski definition) is 3. The molecule has 0 aromatic heterocycles. The summed E-state index contributed by atoms with van der Waals surface area (Å²) in [4.78, 5) is 0. The maximum absolute atomic E-state index is 11.4. The third-order valence-corrected chi connectivity index (χ3v) is 3.88. The Morgan fingerprint density at radius 1 is 1.50 bits per heavy atom. The Labute approximate surface area is 86.3 Å². The molecule has 76 valence electrons. The standard InChI is InChI=1S/C10H13NO2S/c1-6-8-4-3-7(12)5-9(8)11-10(6)14(2)13/h3-6,10-12H,1-2H3/t6?,10?,14-/m1/s1. The highest BCUT2D eigenvalue weighted by atomic mass is 32.2. The lowest BCUT2D eigenvalue weighted by Gasteiger charge is -2.17. The highest BCUT2D eigenvalue weighted by Crippen LogP contribution is 2.39. The summed E-state index contributed by atoms with van der Waals surface area (Å²) in [7, 11) is 0. The molecule has 1 heterocycles. The van der Waals surface area contributed by atoms with E-state index in [-0.39, 0.29) is 17.0 Å². The first kappa shape index (κ1) is 9.68. The van der Waals surface area contributed by atoms with Gasteiger partial charge in [-0.2, -0.15) is 0 Å². The first-order chi connectivity index (χ1) is 6.59. The molecule has 0 bridgehead atoms. The topological polar surface area (TPSA) is 55.3 Å². The van der Waals surface area contributed by atoms with Crippen molar-refractivity contribution in [3.05, 3.63) is 23.8 Å². The summed E-state index contributed by atoms with van der Waals surface area (Å²) in [5, 5.41) is 12.4. The number of fused-ring (bicyclic) bond motifs is 1. The highest BCUT2D eigenvalue weighted by molar-refractivity contribution is 7.91. The van der Waals surface area contributed by atoms with E-state index in [0.29, 0.717) is 0 Å². The van der Waals surface area contributed by atoms with Crippen LogP contribution in [0.25, 0.3) is 0 Å². The minimum atomic E-state index is -0.897. The number of hydrogen-bond donors (Lipinski definition) is 2. The van der Waals surface area contributed by atoms with Crippen LogP contribution in [0.5, 0.6) is 5.75 Å². The molecule has 2 rings (SSSR count). The monoisotopic (exact) mass is 211 g/mol. The molecular weight excluding hydrogens is 198 g/mol. The number of rotatable bonds is 1. The second-order valence-electron chi connectivity index (χ2n) is 3.62. The maximum Gasteiger partial charge on any atom is 0.192 e. The van der Waals surface area contributed by atoms with Crippen molar-refractivity contribution in [1.82, 2.24) is 0 Å². The van der Waals surface area contributed by atoms with Crippen molar-refractivity contribution in [1.29, 1.82) is 0 Å². The van der Waals surface area contributed by atoms with Crippen molar-refractivity contribution in [2.45, 2.75) is 18.2 Å². The van der Waals surface area contributed by atoms with Crippen molar-refractivity contribution in [3.8, 4) is 5.75 Å². The first-order valence-electron chi connectivity index (χ1n) is 4.51. The van der Waals surface area contributed by atoms with E-state index in [4.69, 9.17) is 0 Å². The molecule has 2 N–H and O–H groups in total. The maximum atomic E-state index is 11.4. The highest BCUT2D eigenvalue weighted by Gasteiger charge is 2.35. The van der Waals surface area contributed by atoms with Gasteiger partial charge in [0.2, 0.25) is 0 Å². The number of nitrogens with one attached hydrogen (secondary N) is 1. The minimum Gasteiger partial charge on any atom is -0.615 e. The van der Waals surface area contributed by atoms with Gasteiger partial charge in [-0.05, 0) is 22.8 Å². The second kappa shape index (κ2) is 3.37. The zero-order valence-corrected chi connectivity index (χ0v) is 8.97. The van der Waals surface area contributed by atoms with Crippen molar-refractivity contribution < 1.29 is 9.66 Å². The Hall–Kier alpha value is -0.870. The van der Waals surface area contributed by atoms with Gasteiger partial charge in [0.15, 0.2) is 5.37 Å². The molecule has 0 spiro atoms. The van der Waals surface area contributed by atoms with Crippen LogP contribution in [0, 0.1) is 0 Å². The van der Waals surface area contributed by atoms with E-state index >= 15 is 0 Å². The summed E-state index contributed by atoms with van der Waals surface area (Å²) in [5.41, 5.74) is 2.03. The summed E-state index contributed by atoms with van der Waals surface area (Å²) < 4.78 is 11.4. The molecule has 0 fully saturated rings. The minimum absolute atomic E-state index is 0.0354. The molecule has 0 amide bonds. The van der Waals surface area contributed by atoms with E-state index in [2.05, 4.69) is 5.32 Å².